The van der Waals surface area contributed by atoms with E-state index < -0.39 is 0 Å². The monoisotopic (exact) mass is 137 g/mol. The summed E-state index contributed by atoms with van der Waals surface area (Å²) < 4.78 is 4.89. The summed E-state index contributed by atoms with van der Waals surface area (Å²) in [5.41, 5.74) is 2.50. The minimum atomic E-state index is 0.730. The van der Waals surface area contributed by atoms with Gasteiger partial charge in [-0.1, -0.05) is 12.1 Å². The van der Waals surface area contributed by atoms with Crippen molar-refractivity contribution in [3.05, 3.63) is 17.5 Å². The number of aryl methyl sites for hydroxylation is 1. The molecular formula is C8H11NO. The maximum absolute atomic E-state index is 4.89. The van der Waals surface area contributed by atoms with Gasteiger partial charge in [0.2, 0.25) is 0 Å². The summed E-state index contributed by atoms with van der Waals surface area (Å²) in [4.78, 5) is 0. The van der Waals surface area contributed by atoms with Gasteiger partial charge in [-0.05, 0) is 19.3 Å². The highest BCUT2D eigenvalue weighted by Gasteiger charge is 2.28. The quantitative estimate of drug-likeness (QED) is 0.624. The Labute approximate surface area is 60.2 Å². The molecule has 0 atom stereocenters. The summed E-state index contributed by atoms with van der Waals surface area (Å²) in [7, 11) is 0. The Balaban J connectivity index is 2.28. The molecule has 1 aliphatic carbocycles. The van der Waals surface area contributed by atoms with Crippen LogP contribution in [0.15, 0.2) is 10.8 Å². The Kier molecular flexibility index (Phi) is 1.26. The lowest BCUT2D eigenvalue weighted by Gasteiger charge is -1.90. The highest BCUT2D eigenvalue weighted by atomic mass is 16.5. The molecule has 54 valence electrons. The molecule has 0 spiro atoms. The molecule has 1 heterocycles. The van der Waals surface area contributed by atoms with Crippen LogP contribution in [-0.2, 0) is 6.42 Å². The predicted molar refractivity (Wildman–Crippen MR) is 37.9 cm³/mol. The van der Waals surface area contributed by atoms with Crippen LogP contribution in [0.25, 0.3) is 0 Å². The maximum atomic E-state index is 4.89. The van der Waals surface area contributed by atoms with Gasteiger partial charge in [0, 0.05) is 11.5 Å². The van der Waals surface area contributed by atoms with Gasteiger partial charge in [-0.3, -0.25) is 0 Å². The fraction of sp³-hybridized carbons (Fsp3) is 0.625. The average Bonchev–Trinajstić information content (AvgIpc) is 2.69. The average molecular weight is 137 g/mol. The lowest BCUT2D eigenvalue weighted by Crippen LogP contribution is -1.85. The fourth-order valence-corrected chi connectivity index (χ4v) is 1.22. The summed E-state index contributed by atoms with van der Waals surface area (Å²) in [6.07, 6.45) is 5.43. The lowest BCUT2D eigenvalue weighted by atomic mass is 10.1. The molecule has 1 saturated carbocycles. The van der Waals surface area contributed by atoms with Crippen LogP contribution in [-0.4, -0.2) is 5.16 Å². The topological polar surface area (TPSA) is 26.0 Å². The number of rotatable bonds is 2. The van der Waals surface area contributed by atoms with Gasteiger partial charge in [0.1, 0.15) is 6.26 Å². The van der Waals surface area contributed by atoms with Crippen molar-refractivity contribution in [2.75, 3.05) is 0 Å². The Morgan fingerprint density at radius 2 is 2.50 bits per heavy atom. The molecule has 0 aromatic carbocycles. The molecule has 1 fully saturated rings. The van der Waals surface area contributed by atoms with E-state index in [4.69, 9.17) is 4.52 Å². The summed E-state index contributed by atoms with van der Waals surface area (Å²) in [6.45, 7) is 2.14. The van der Waals surface area contributed by atoms with Crippen molar-refractivity contribution in [1.29, 1.82) is 0 Å². The largest absolute Gasteiger partial charge is 0.364 e. The zero-order chi connectivity index (χ0) is 6.97. The van der Waals surface area contributed by atoms with E-state index in [9.17, 15) is 0 Å². The van der Waals surface area contributed by atoms with E-state index in [0.717, 1.165) is 12.3 Å². The van der Waals surface area contributed by atoms with E-state index >= 15 is 0 Å². The Morgan fingerprint density at radius 3 is 3.10 bits per heavy atom. The second-order valence-corrected chi connectivity index (χ2v) is 2.85. The highest BCUT2D eigenvalue weighted by Crippen LogP contribution is 2.40. The van der Waals surface area contributed by atoms with Crippen LogP contribution in [0.4, 0.5) is 0 Å². The van der Waals surface area contributed by atoms with Crippen LogP contribution in [0.2, 0.25) is 0 Å². The molecule has 0 unspecified atom stereocenters. The first-order valence-electron chi connectivity index (χ1n) is 3.85. The first-order valence-corrected chi connectivity index (χ1v) is 3.85. The molecule has 0 amide bonds. The molecule has 1 aromatic rings. The smallest absolute Gasteiger partial charge is 0.127 e. The molecular weight excluding hydrogens is 126 g/mol. The molecule has 2 rings (SSSR count). The van der Waals surface area contributed by atoms with Crippen LogP contribution in [0.5, 0.6) is 0 Å². The second-order valence-electron chi connectivity index (χ2n) is 2.85. The van der Waals surface area contributed by atoms with E-state index in [1.54, 1.807) is 6.26 Å². The zero-order valence-corrected chi connectivity index (χ0v) is 6.13. The van der Waals surface area contributed by atoms with Gasteiger partial charge in [0.05, 0.1) is 5.69 Å². The van der Waals surface area contributed by atoms with Gasteiger partial charge in [-0.2, -0.15) is 0 Å². The highest BCUT2D eigenvalue weighted by molar-refractivity contribution is 5.22. The van der Waals surface area contributed by atoms with Gasteiger partial charge >= 0.3 is 0 Å². The van der Waals surface area contributed by atoms with Crippen LogP contribution in [0.3, 0.4) is 0 Å². The predicted octanol–water partition coefficient (Wildman–Crippen LogP) is 2.11. The van der Waals surface area contributed by atoms with Crippen molar-refractivity contribution in [3.63, 3.8) is 0 Å². The van der Waals surface area contributed by atoms with Gasteiger partial charge in [0.25, 0.3) is 0 Å². The molecule has 2 nitrogen and oxygen atoms in total. The van der Waals surface area contributed by atoms with E-state index in [1.807, 2.05) is 0 Å². The van der Waals surface area contributed by atoms with Crippen molar-refractivity contribution in [2.45, 2.75) is 32.1 Å². The SMILES string of the molecule is CCc1conc1C1CC1. The maximum Gasteiger partial charge on any atom is 0.127 e. The van der Waals surface area contributed by atoms with Crippen LogP contribution >= 0.6 is 0 Å². The molecule has 0 bridgehead atoms. The van der Waals surface area contributed by atoms with Crippen molar-refractivity contribution in [3.8, 4) is 0 Å². The number of aromatic nitrogens is 1. The molecule has 2 heteroatoms. The van der Waals surface area contributed by atoms with Gasteiger partial charge < -0.3 is 4.52 Å². The number of nitrogens with zero attached hydrogens (tertiary/aromatic N) is 1. The molecule has 0 aliphatic heterocycles. The minimum Gasteiger partial charge on any atom is -0.364 e. The summed E-state index contributed by atoms with van der Waals surface area (Å²) in [5.74, 6) is 0.730. The first-order chi connectivity index (χ1) is 4.92. The molecule has 0 radical (unpaired) electrons. The van der Waals surface area contributed by atoms with Crippen molar-refractivity contribution < 1.29 is 4.52 Å². The second kappa shape index (κ2) is 2.11. The fourth-order valence-electron chi connectivity index (χ4n) is 1.22. The third-order valence-electron chi connectivity index (χ3n) is 2.02. The molecule has 0 saturated heterocycles. The van der Waals surface area contributed by atoms with E-state index in [2.05, 4.69) is 12.1 Å². The summed E-state index contributed by atoms with van der Waals surface area (Å²) in [5, 5.41) is 3.97. The minimum absolute atomic E-state index is 0.730. The van der Waals surface area contributed by atoms with E-state index in [1.165, 1.54) is 24.1 Å². The van der Waals surface area contributed by atoms with Crippen molar-refractivity contribution in [1.82, 2.24) is 5.16 Å². The van der Waals surface area contributed by atoms with Crippen LogP contribution in [0.1, 0.15) is 36.9 Å². The van der Waals surface area contributed by atoms with E-state index in [0.29, 0.717) is 0 Å². The first kappa shape index (κ1) is 5.96. The Hall–Kier alpha value is -0.790. The molecule has 0 N–H and O–H groups in total. The summed E-state index contributed by atoms with van der Waals surface area (Å²) >= 11 is 0. The van der Waals surface area contributed by atoms with Crippen LogP contribution in [0, 0.1) is 0 Å². The zero-order valence-electron chi connectivity index (χ0n) is 6.13. The van der Waals surface area contributed by atoms with Crippen molar-refractivity contribution in [2.24, 2.45) is 0 Å². The normalized spacial score (nSPS) is 17.7. The molecule has 1 aliphatic rings. The molecule has 1 aromatic heterocycles. The standard InChI is InChI=1S/C8H11NO/c1-2-6-5-10-9-8(6)7-3-4-7/h5,7H,2-4H2,1H3. The number of hydrogen-bond acceptors (Lipinski definition) is 2. The lowest BCUT2D eigenvalue weighted by molar-refractivity contribution is 0.411. The Morgan fingerprint density at radius 1 is 1.70 bits per heavy atom. The third-order valence-corrected chi connectivity index (χ3v) is 2.02. The van der Waals surface area contributed by atoms with Crippen molar-refractivity contribution >= 4 is 0 Å². The van der Waals surface area contributed by atoms with Gasteiger partial charge in [-0.25, -0.2) is 0 Å². The Bertz CT molecular complexity index is 225. The summed E-state index contributed by atoms with van der Waals surface area (Å²) in [6, 6.07) is 0. The number of hydrogen-bond donors (Lipinski definition) is 0. The van der Waals surface area contributed by atoms with E-state index in [-0.39, 0.29) is 0 Å². The van der Waals surface area contributed by atoms with Gasteiger partial charge in [0.15, 0.2) is 0 Å². The molecule has 10 heavy (non-hydrogen) atoms. The third kappa shape index (κ3) is 0.838. The van der Waals surface area contributed by atoms with Crippen LogP contribution < -0.4 is 0 Å². The van der Waals surface area contributed by atoms with Gasteiger partial charge in [-0.15, -0.1) is 0 Å².